The fourth-order valence-corrected chi connectivity index (χ4v) is 2.38. The van der Waals surface area contributed by atoms with Crippen molar-refractivity contribution >= 4 is 17.7 Å². The van der Waals surface area contributed by atoms with Gasteiger partial charge in [0.25, 0.3) is 0 Å². The third kappa shape index (κ3) is 3.63. The third-order valence-electron chi connectivity index (χ3n) is 3.65. The summed E-state index contributed by atoms with van der Waals surface area (Å²) in [5, 5.41) is 24.3. The number of piperidine rings is 1. The van der Waals surface area contributed by atoms with Gasteiger partial charge in [0, 0.05) is 13.1 Å². The summed E-state index contributed by atoms with van der Waals surface area (Å²) >= 11 is 0. The monoisotopic (exact) mass is 293 g/mol. The third-order valence-corrected chi connectivity index (χ3v) is 3.65. The molecule has 1 fully saturated rings. The van der Waals surface area contributed by atoms with E-state index in [1.165, 1.54) is 12.1 Å². The number of hydrogen-bond acceptors (Lipinski definition) is 4. The molecule has 2 amide bonds. The van der Waals surface area contributed by atoms with Gasteiger partial charge in [-0.05, 0) is 44.1 Å². The lowest BCUT2D eigenvalue weighted by molar-refractivity contribution is 0.0697. The van der Waals surface area contributed by atoms with E-state index in [1.54, 1.807) is 11.9 Å². The van der Waals surface area contributed by atoms with Gasteiger partial charge in [-0.25, -0.2) is 9.59 Å². The molecule has 7 nitrogen and oxygen atoms in total. The second-order valence-corrected chi connectivity index (χ2v) is 5.06. The Balaban J connectivity index is 2.10. The first kappa shape index (κ1) is 15.1. The number of urea groups is 1. The van der Waals surface area contributed by atoms with Crippen LogP contribution in [0.5, 0.6) is 5.75 Å². The molecule has 114 valence electrons. The first-order chi connectivity index (χ1) is 9.99. The zero-order chi connectivity index (χ0) is 15.4. The number of aromatic hydroxyl groups is 1. The van der Waals surface area contributed by atoms with Crippen molar-refractivity contribution in [3.8, 4) is 5.75 Å². The van der Waals surface area contributed by atoms with Crippen molar-refractivity contribution in [2.45, 2.75) is 18.9 Å². The predicted octanol–water partition coefficient (Wildman–Crippen LogP) is 1.31. The standard InChI is InChI=1S/C14H19N3O4/c1-17(9-4-6-15-7-5-9)14(21)16-12-3-2-10(18)8-11(12)13(19)20/h2-3,8-9,15,18H,4-7H2,1H3,(H,16,21)(H,19,20). The topological polar surface area (TPSA) is 102 Å². The van der Waals surface area contributed by atoms with Crippen LogP contribution in [-0.4, -0.2) is 53.3 Å². The van der Waals surface area contributed by atoms with Crippen molar-refractivity contribution in [2.24, 2.45) is 0 Å². The maximum atomic E-state index is 12.2. The van der Waals surface area contributed by atoms with Gasteiger partial charge < -0.3 is 25.7 Å². The smallest absolute Gasteiger partial charge is 0.337 e. The van der Waals surface area contributed by atoms with E-state index in [9.17, 15) is 14.7 Å². The summed E-state index contributed by atoms with van der Waals surface area (Å²) in [6.07, 6.45) is 1.73. The Bertz CT molecular complexity index is 541. The van der Waals surface area contributed by atoms with Crippen LogP contribution in [0.2, 0.25) is 0 Å². The molecule has 2 rings (SSSR count). The highest BCUT2D eigenvalue weighted by molar-refractivity contribution is 6.00. The molecule has 4 N–H and O–H groups in total. The molecule has 0 aromatic heterocycles. The Labute approximate surface area is 122 Å². The highest BCUT2D eigenvalue weighted by Gasteiger charge is 2.23. The van der Waals surface area contributed by atoms with Crippen LogP contribution in [0.25, 0.3) is 0 Å². The van der Waals surface area contributed by atoms with Crippen LogP contribution in [0.3, 0.4) is 0 Å². The number of amides is 2. The molecule has 1 aromatic carbocycles. The summed E-state index contributed by atoms with van der Waals surface area (Å²) in [6.45, 7) is 1.73. The minimum atomic E-state index is -1.20. The fourth-order valence-electron chi connectivity index (χ4n) is 2.38. The average molecular weight is 293 g/mol. The molecule has 1 saturated heterocycles. The lowest BCUT2D eigenvalue weighted by Crippen LogP contribution is -2.45. The van der Waals surface area contributed by atoms with Gasteiger partial charge in [0.1, 0.15) is 5.75 Å². The molecule has 0 spiro atoms. The molecule has 0 saturated carbocycles. The van der Waals surface area contributed by atoms with Gasteiger partial charge in [0.2, 0.25) is 0 Å². The largest absolute Gasteiger partial charge is 0.508 e. The van der Waals surface area contributed by atoms with Crippen LogP contribution in [-0.2, 0) is 0 Å². The molecule has 0 radical (unpaired) electrons. The number of benzene rings is 1. The van der Waals surface area contributed by atoms with Crippen LogP contribution in [0, 0.1) is 0 Å². The quantitative estimate of drug-likeness (QED) is 0.629. The first-order valence-corrected chi connectivity index (χ1v) is 6.80. The number of carbonyl (C=O) groups is 2. The van der Waals surface area contributed by atoms with Crippen LogP contribution < -0.4 is 10.6 Å². The van der Waals surface area contributed by atoms with E-state index in [2.05, 4.69) is 10.6 Å². The summed E-state index contributed by atoms with van der Waals surface area (Å²) in [6, 6.07) is 3.62. The number of nitrogens with zero attached hydrogens (tertiary/aromatic N) is 1. The Kier molecular flexibility index (Phi) is 4.64. The van der Waals surface area contributed by atoms with Crippen molar-refractivity contribution < 1.29 is 19.8 Å². The molecule has 0 bridgehead atoms. The molecular formula is C14H19N3O4. The van der Waals surface area contributed by atoms with E-state index >= 15 is 0 Å². The number of nitrogens with one attached hydrogen (secondary N) is 2. The Morgan fingerprint density at radius 1 is 1.33 bits per heavy atom. The molecule has 1 aliphatic rings. The lowest BCUT2D eigenvalue weighted by atomic mass is 10.1. The molecule has 0 unspecified atom stereocenters. The maximum absolute atomic E-state index is 12.2. The van der Waals surface area contributed by atoms with Gasteiger partial charge in [-0.15, -0.1) is 0 Å². The van der Waals surface area contributed by atoms with E-state index in [0.717, 1.165) is 32.0 Å². The fraction of sp³-hybridized carbons (Fsp3) is 0.429. The van der Waals surface area contributed by atoms with E-state index in [0.29, 0.717) is 0 Å². The Hall–Kier alpha value is -2.28. The minimum Gasteiger partial charge on any atom is -0.508 e. The summed E-state index contributed by atoms with van der Waals surface area (Å²) in [5.74, 6) is -1.36. The van der Waals surface area contributed by atoms with Gasteiger partial charge in [-0.3, -0.25) is 0 Å². The second-order valence-electron chi connectivity index (χ2n) is 5.06. The SMILES string of the molecule is CN(C(=O)Nc1ccc(O)cc1C(=O)O)C1CCNCC1. The molecule has 1 aliphatic heterocycles. The predicted molar refractivity (Wildman–Crippen MR) is 77.7 cm³/mol. The van der Waals surface area contributed by atoms with E-state index in [-0.39, 0.29) is 29.1 Å². The van der Waals surface area contributed by atoms with Crippen LogP contribution in [0.15, 0.2) is 18.2 Å². The van der Waals surface area contributed by atoms with Crippen molar-refractivity contribution in [2.75, 3.05) is 25.5 Å². The Morgan fingerprint density at radius 2 is 2.00 bits per heavy atom. The number of phenols is 1. The number of anilines is 1. The summed E-state index contributed by atoms with van der Waals surface area (Å²) in [7, 11) is 1.70. The maximum Gasteiger partial charge on any atom is 0.337 e. The molecule has 1 aromatic rings. The number of aromatic carboxylic acids is 1. The van der Waals surface area contributed by atoms with Crippen molar-refractivity contribution in [3.63, 3.8) is 0 Å². The molecule has 7 heteroatoms. The zero-order valence-corrected chi connectivity index (χ0v) is 11.8. The number of rotatable bonds is 3. The minimum absolute atomic E-state index is 0.136. The van der Waals surface area contributed by atoms with Crippen LogP contribution in [0.1, 0.15) is 23.2 Å². The molecule has 1 heterocycles. The van der Waals surface area contributed by atoms with Crippen LogP contribution >= 0.6 is 0 Å². The second kappa shape index (κ2) is 6.45. The normalized spacial score (nSPS) is 15.5. The summed E-state index contributed by atoms with van der Waals surface area (Å²) in [5.41, 5.74) is 0.0353. The first-order valence-electron chi connectivity index (χ1n) is 6.80. The number of carbonyl (C=O) groups excluding carboxylic acids is 1. The van der Waals surface area contributed by atoms with Crippen molar-refractivity contribution in [1.29, 1.82) is 0 Å². The van der Waals surface area contributed by atoms with Crippen molar-refractivity contribution in [1.82, 2.24) is 10.2 Å². The zero-order valence-electron chi connectivity index (χ0n) is 11.8. The van der Waals surface area contributed by atoms with Gasteiger partial charge in [0.05, 0.1) is 11.3 Å². The van der Waals surface area contributed by atoms with E-state index in [1.807, 2.05) is 0 Å². The average Bonchev–Trinajstić information content (AvgIpc) is 2.49. The number of phenolic OH excluding ortho intramolecular Hbond substituents is 1. The van der Waals surface area contributed by atoms with Gasteiger partial charge in [-0.2, -0.15) is 0 Å². The molecule has 21 heavy (non-hydrogen) atoms. The van der Waals surface area contributed by atoms with Crippen molar-refractivity contribution in [3.05, 3.63) is 23.8 Å². The van der Waals surface area contributed by atoms with Gasteiger partial charge in [-0.1, -0.05) is 0 Å². The Morgan fingerprint density at radius 3 is 2.62 bits per heavy atom. The number of carboxylic acids is 1. The highest BCUT2D eigenvalue weighted by Crippen LogP contribution is 2.22. The van der Waals surface area contributed by atoms with Gasteiger partial charge in [0.15, 0.2) is 0 Å². The summed E-state index contributed by atoms with van der Waals surface area (Å²) in [4.78, 5) is 24.9. The van der Waals surface area contributed by atoms with Gasteiger partial charge >= 0.3 is 12.0 Å². The molecule has 0 atom stereocenters. The number of carboxylic acid groups (broad SMARTS) is 1. The summed E-state index contributed by atoms with van der Waals surface area (Å²) < 4.78 is 0. The number of hydrogen-bond donors (Lipinski definition) is 4. The highest BCUT2D eigenvalue weighted by atomic mass is 16.4. The van der Waals surface area contributed by atoms with Crippen LogP contribution in [0.4, 0.5) is 10.5 Å². The molecule has 0 aliphatic carbocycles. The lowest BCUT2D eigenvalue weighted by Gasteiger charge is -2.31. The van der Waals surface area contributed by atoms with E-state index < -0.39 is 5.97 Å². The van der Waals surface area contributed by atoms with E-state index in [4.69, 9.17) is 5.11 Å². The molecular weight excluding hydrogens is 274 g/mol.